The number of thiazole rings is 1. The number of benzene rings is 1. The lowest BCUT2D eigenvalue weighted by Crippen LogP contribution is -2.02. The van der Waals surface area contributed by atoms with E-state index in [1.807, 2.05) is 12.3 Å². The number of hydrogen-bond acceptors (Lipinski definition) is 4. The molecule has 0 saturated heterocycles. The second kappa shape index (κ2) is 5.14. The van der Waals surface area contributed by atoms with E-state index in [2.05, 4.69) is 10.3 Å². The molecule has 0 fully saturated rings. The van der Waals surface area contributed by atoms with Gasteiger partial charge in [-0.3, -0.25) is 0 Å². The number of nitrogens with zero attached hydrogens (tertiary/aromatic N) is 1. The fourth-order valence-corrected chi connectivity index (χ4v) is 2.10. The summed E-state index contributed by atoms with van der Waals surface area (Å²) in [6, 6.07) is 4.42. The van der Waals surface area contributed by atoms with Crippen molar-refractivity contribution in [2.45, 2.75) is 13.5 Å². The van der Waals surface area contributed by atoms with Crippen LogP contribution < -0.4 is 10.1 Å². The molecule has 1 heterocycles. The monoisotopic (exact) mass is 252 g/mol. The Morgan fingerprint density at radius 1 is 1.47 bits per heavy atom. The van der Waals surface area contributed by atoms with Gasteiger partial charge in [0.15, 0.2) is 0 Å². The lowest BCUT2D eigenvalue weighted by Gasteiger charge is -2.09. The van der Waals surface area contributed by atoms with Crippen LogP contribution in [0.25, 0.3) is 0 Å². The fraction of sp³-hybridized carbons (Fsp3) is 0.250. The highest BCUT2D eigenvalue weighted by atomic mass is 32.1. The van der Waals surface area contributed by atoms with Crippen molar-refractivity contribution in [1.82, 2.24) is 4.98 Å². The zero-order chi connectivity index (χ0) is 12.3. The number of nitrogens with one attached hydrogen (secondary N) is 1. The van der Waals surface area contributed by atoms with Crippen molar-refractivity contribution in [3.05, 3.63) is 40.1 Å². The van der Waals surface area contributed by atoms with Crippen molar-refractivity contribution < 1.29 is 9.13 Å². The van der Waals surface area contributed by atoms with Crippen molar-refractivity contribution >= 4 is 17.0 Å². The van der Waals surface area contributed by atoms with E-state index in [0.29, 0.717) is 12.3 Å². The third-order valence-corrected chi connectivity index (χ3v) is 3.11. The van der Waals surface area contributed by atoms with Crippen LogP contribution in [0.15, 0.2) is 23.6 Å². The molecule has 3 nitrogen and oxygen atoms in total. The van der Waals surface area contributed by atoms with Gasteiger partial charge in [-0.1, -0.05) is 0 Å². The summed E-state index contributed by atoms with van der Waals surface area (Å²) in [5.41, 5.74) is 1.73. The Morgan fingerprint density at radius 3 is 2.94 bits per heavy atom. The van der Waals surface area contributed by atoms with Gasteiger partial charge in [0.1, 0.15) is 11.6 Å². The zero-order valence-electron chi connectivity index (χ0n) is 9.66. The van der Waals surface area contributed by atoms with Crippen LogP contribution in [0.5, 0.6) is 5.75 Å². The first-order valence-electron chi connectivity index (χ1n) is 5.17. The smallest absolute Gasteiger partial charge is 0.144 e. The molecule has 0 saturated carbocycles. The molecule has 1 aromatic heterocycles. The van der Waals surface area contributed by atoms with E-state index in [9.17, 15) is 4.39 Å². The summed E-state index contributed by atoms with van der Waals surface area (Å²) < 4.78 is 18.1. The first-order valence-corrected chi connectivity index (χ1v) is 6.05. The Hall–Kier alpha value is -1.62. The van der Waals surface area contributed by atoms with Crippen LogP contribution in [0.3, 0.4) is 0 Å². The van der Waals surface area contributed by atoms with Gasteiger partial charge in [0.2, 0.25) is 0 Å². The Labute approximate surface area is 103 Å². The molecule has 17 heavy (non-hydrogen) atoms. The van der Waals surface area contributed by atoms with Crippen LogP contribution >= 0.6 is 11.3 Å². The molecular formula is C12H13FN2OS. The quantitative estimate of drug-likeness (QED) is 0.907. The van der Waals surface area contributed by atoms with E-state index in [1.165, 1.54) is 19.2 Å². The van der Waals surface area contributed by atoms with E-state index < -0.39 is 0 Å². The number of ether oxygens (including phenoxy) is 1. The summed E-state index contributed by atoms with van der Waals surface area (Å²) in [6.45, 7) is 2.57. The van der Waals surface area contributed by atoms with Gasteiger partial charge in [-0.15, -0.1) is 11.3 Å². The number of anilines is 1. The number of aryl methyl sites for hydroxylation is 1. The maximum atomic E-state index is 13.0. The molecule has 0 atom stereocenters. The minimum absolute atomic E-state index is 0.308. The highest BCUT2D eigenvalue weighted by Crippen LogP contribution is 2.25. The molecule has 1 aromatic carbocycles. The predicted octanol–water partition coefficient (Wildman–Crippen LogP) is 3.21. The zero-order valence-corrected chi connectivity index (χ0v) is 10.5. The molecule has 2 aromatic rings. The van der Waals surface area contributed by atoms with Gasteiger partial charge < -0.3 is 10.1 Å². The molecule has 90 valence electrons. The highest BCUT2D eigenvalue weighted by molar-refractivity contribution is 7.09. The minimum Gasteiger partial charge on any atom is -0.494 e. The minimum atomic E-state index is -0.308. The van der Waals surface area contributed by atoms with E-state index in [4.69, 9.17) is 4.74 Å². The number of hydrogen-bond donors (Lipinski definition) is 1. The average molecular weight is 252 g/mol. The average Bonchev–Trinajstić information content (AvgIpc) is 2.73. The first-order chi connectivity index (χ1) is 8.19. The van der Waals surface area contributed by atoms with E-state index in [-0.39, 0.29) is 5.82 Å². The normalized spacial score (nSPS) is 10.3. The summed E-state index contributed by atoms with van der Waals surface area (Å²) in [4.78, 5) is 4.34. The summed E-state index contributed by atoms with van der Waals surface area (Å²) in [7, 11) is 1.52. The molecule has 1 N–H and O–H groups in total. The van der Waals surface area contributed by atoms with Crippen molar-refractivity contribution in [3.8, 4) is 5.75 Å². The standard InChI is InChI=1S/C12H13FN2OS/c1-8-15-10(7-17-8)6-14-11-4-3-9(13)5-12(11)16-2/h3-5,7,14H,6H2,1-2H3. The SMILES string of the molecule is COc1cc(F)ccc1NCc1csc(C)n1. The van der Waals surface area contributed by atoms with Crippen molar-refractivity contribution in [1.29, 1.82) is 0 Å². The van der Waals surface area contributed by atoms with Gasteiger partial charge in [-0.25, -0.2) is 9.37 Å². The number of methoxy groups -OCH3 is 1. The van der Waals surface area contributed by atoms with Gasteiger partial charge in [0, 0.05) is 11.4 Å². The van der Waals surface area contributed by atoms with Crippen LogP contribution in [0.4, 0.5) is 10.1 Å². The fourth-order valence-electron chi connectivity index (χ4n) is 1.49. The lowest BCUT2D eigenvalue weighted by atomic mass is 10.2. The van der Waals surface area contributed by atoms with Crippen molar-refractivity contribution in [2.75, 3.05) is 12.4 Å². The van der Waals surface area contributed by atoms with Crippen LogP contribution in [-0.2, 0) is 6.54 Å². The molecule has 0 amide bonds. The molecule has 5 heteroatoms. The maximum Gasteiger partial charge on any atom is 0.144 e. The van der Waals surface area contributed by atoms with Crippen LogP contribution in [0, 0.1) is 12.7 Å². The number of aromatic nitrogens is 1. The highest BCUT2D eigenvalue weighted by Gasteiger charge is 2.05. The molecule has 0 bridgehead atoms. The van der Waals surface area contributed by atoms with Crippen molar-refractivity contribution in [2.24, 2.45) is 0 Å². The molecule has 0 unspecified atom stereocenters. The van der Waals surface area contributed by atoms with Gasteiger partial charge in [0.05, 0.1) is 30.0 Å². The molecule has 0 aliphatic carbocycles. The first kappa shape index (κ1) is 11.9. The van der Waals surface area contributed by atoms with Gasteiger partial charge in [-0.2, -0.15) is 0 Å². The van der Waals surface area contributed by atoms with Crippen LogP contribution in [0.1, 0.15) is 10.7 Å². The van der Waals surface area contributed by atoms with E-state index in [1.54, 1.807) is 17.4 Å². The summed E-state index contributed by atoms with van der Waals surface area (Å²) >= 11 is 1.61. The second-order valence-electron chi connectivity index (χ2n) is 3.56. The molecule has 0 spiro atoms. The Morgan fingerprint density at radius 2 is 2.29 bits per heavy atom. The molecule has 2 rings (SSSR count). The third kappa shape index (κ3) is 2.94. The molecule has 0 radical (unpaired) electrons. The third-order valence-electron chi connectivity index (χ3n) is 2.29. The Balaban J connectivity index is 2.08. The summed E-state index contributed by atoms with van der Waals surface area (Å²) in [6.07, 6.45) is 0. The second-order valence-corrected chi connectivity index (χ2v) is 4.62. The maximum absolute atomic E-state index is 13.0. The molecule has 0 aliphatic heterocycles. The Bertz CT molecular complexity index is 513. The van der Waals surface area contributed by atoms with E-state index in [0.717, 1.165) is 16.4 Å². The van der Waals surface area contributed by atoms with Crippen LogP contribution in [-0.4, -0.2) is 12.1 Å². The van der Waals surface area contributed by atoms with E-state index >= 15 is 0 Å². The predicted molar refractivity (Wildman–Crippen MR) is 67.1 cm³/mol. The van der Waals surface area contributed by atoms with Gasteiger partial charge in [-0.05, 0) is 19.1 Å². The number of halogens is 1. The largest absolute Gasteiger partial charge is 0.494 e. The van der Waals surface area contributed by atoms with Crippen molar-refractivity contribution in [3.63, 3.8) is 0 Å². The molecule has 0 aliphatic rings. The summed E-state index contributed by atoms with van der Waals surface area (Å²) in [5.74, 6) is 0.189. The molecular weight excluding hydrogens is 239 g/mol. The summed E-state index contributed by atoms with van der Waals surface area (Å²) in [5, 5.41) is 6.21. The van der Waals surface area contributed by atoms with Gasteiger partial charge >= 0.3 is 0 Å². The topological polar surface area (TPSA) is 34.1 Å². The number of rotatable bonds is 4. The van der Waals surface area contributed by atoms with Gasteiger partial charge in [0.25, 0.3) is 0 Å². The lowest BCUT2D eigenvalue weighted by molar-refractivity contribution is 0.413. The van der Waals surface area contributed by atoms with Crippen LogP contribution in [0.2, 0.25) is 0 Å². The Kier molecular flexibility index (Phi) is 3.58.